The van der Waals surface area contributed by atoms with Crippen LogP contribution in [0.1, 0.15) is 6.92 Å². The molecule has 0 bridgehead atoms. The van der Waals surface area contributed by atoms with Crippen molar-refractivity contribution in [2.45, 2.75) is 6.92 Å². The molecule has 0 aliphatic rings. The first kappa shape index (κ1) is 12.0. The van der Waals surface area contributed by atoms with Crippen LogP contribution in [0, 0.1) is 0 Å². The summed E-state index contributed by atoms with van der Waals surface area (Å²) >= 11 is 3.38. The third-order valence-corrected chi connectivity index (χ3v) is 2.66. The maximum absolute atomic E-state index is 11.5. The van der Waals surface area contributed by atoms with Gasteiger partial charge in [0.15, 0.2) is 0 Å². The average Bonchev–Trinajstić information content (AvgIpc) is 2.25. The van der Waals surface area contributed by atoms with Crippen LogP contribution in [0.15, 0.2) is 28.7 Å². The van der Waals surface area contributed by atoms with E-state index in [4.69, 9.17) is 0 Å². The summed E-state index contributed by atoms with van der Waals surface area (Å²) in [5.41, 5.74) is 0.947. The van der Waals surface area contributed by atoms with Gasteiger partial charge in [-0.2, -0.15) is 0 Å². The Morgan fingerprint density at radius 1 is 1.53 bits per heavy atom. The van der Waals surface area contributed by atoms with Gasteiger partial charge in [-0.05, 0) is 25.1 Å². The first-order valence-electron chi connectivity index (χ1n) is 4.87. The van der Waals surface area contributed by atoms with Gasteiger partial charge in [0, 0.05) is 23.8 Å². The van der Waals surface area contributed by atoms with Crippen LogP contribution in [0.2, 0.25) is 0 Å². The van der Waals surface area contributed by atoms with Crippen LogP contribution >= 0.6 is 15.9 Å². The molecular weight excluding hydrogens is 256 g/mol. The van der Waals surface area contributed by atoms with Gasteiger partial charge in [-0.25, -0.2) is 0 Å². The van der Waals surface area contributed by atoms with Gasteiger partial charge in [0.1, 0.15) is 0 Å². The van der Waals surface area contributed by atoms with Gasteiger partial charge in [0.25, 0.3) is 0 Å². The zero-order valence-electron chi connectivity index (χ0n) is 8.96. The minimum atomic E-state index is 0.0949. The third kappa shape index (κ3) is 3.91. The lowest BCUT2D eigenvalue weighted by atomic mass is 10.3. The predicted octanol–water partition coefficient (Wildman–Crippen LogP) is 2.34. The van der Waals surface area contributed by atoms with Crippen LogP contribution in [0.5, 0.6) is 0 Å². The molecule has 1 rings (SSSR count). The third-order valence-electron chi connectivity index (χ3n) is 2.17. The Labute approximate surface area is 98.6 Å². The first-order chi connectivity index (χ1) is 7.13. The Kier molecular flexibility index (Phi) is 4.62. The second-order valence-corrected chi connectivity index (χ2v) is 4.19. The number of nitrogens with zero attached hydrogens (tertiary/aromatic N) is 1. The molecule has 0 radical (unpaired) electrons. The van der Waals surface area contributed by atoms with Gasteiger partial charge >= 0.3 is 0 Å². The van der Waals surface area contributed by atoms with E-state index in [1.54, 1.807) is 11.9 Å². The van der Waals surface area contributed by atoms with Crippen molar-refractivity contribution in [2.24, 2.45) is 0 Å². The van der Waals surface area contributed by atoms with Crippen molar-refractivity contribution in [3.63, 3.8) is 0 Å². The summed E-state index contributed by atoms with van der Waals surface area (Å²) < 4.78 is 1.00. The van der Waals surface area contributed by atoms with Gasteiger partial charge in [0.2, 0.25) is 5.91 Å². The topological polar surface area (TPSA) is 32.3 Å². The highest BCUT2D eigenvalue weighted by molar-refractivity contribution is 9.10. The van der Waals surface area contributed by atoms with Crippen LogP contribution in [0.25, 0.3) is 0 Å². The molecule has 82 valence electrons. The highest BCUT2D eigenvalue weighted by atomic mass is 79.9. The number of carbonyl (C=O) groups excluding carboxylic acids is 1. The quantitative estimate of drug-likeness (QED) is 0.911. The van der Waals surface area contributed by atoms with Crippen molar-refractivity contribution >= 4 is 27.5 Å². The molecule has 0 aliphatic carbocycles. The highest BCUT2D eigenvalue weighted by Gasteiger charge is 2.05. The van der Waals surface area contributed by atoms with Crippen molar-refractivity contribution in [3.8, 4) is 0 Å². The summed E-state index contributed by atoms with van der Waals surface area (Å²) in [6.07, 6.45) is 0. The number of hydrogen-bond acceptors (Lipinski definition) is 2. The average molecular weight is 271 g/mol. The van der Waals surface area contributed by atoms with Gasteiger partial charge in [-0.15, -0.1) is 0 Å². The normalized spacial score (nSPS) is 9.80. The zero-order valence-corrected chi connectivity index (χ0v) is 10.5. The lowest BCUT2D eigenvalue weighted by molar-refractivity contribution is -0.127. The van der Waals surface area contributed by atoms with E-state index in [0.29, 0.717) is 6.54 Å². The molecule has 0 saturated heterocycles. The van der Waals surface area contributed by atoms with Crippen LogP contribution in [0.4, 0.5) is 5.69 Å². The van der Waals surface area contributed by atoms with E-state index in [1.165, 1.54) is 0 Å². The predicted molar refractivity (Wildman–Crippen MR) is 65.9 cm³/mol. The Balaban J connectivity index is 2.47. The molecule has 0 saturated carbocycles. The second kappa shape index (κ2) is 5.75. The van der Waals surface area contributed by atoms with E-state index >= 15 is 0 Å². The van der Waals surface area contributed by atoms with Crippen LogP contribution in [0.3, 0.4) is 0 Å². The SMILES string of the molecule is CCN(C)C(=O)CNc1cccc(Br)c1. The molecule has 0 aliphatic heterocycles. The Morgan fingerprint density at radius 3 is 2.87 bits per heavy atom. The van der Waals surface area contributed by atoms with Gasteiger partial charge < -0.3 is 10.2 Å². The molecule has 1 aromatic rings. The molecule has 1 aromatic carbocycles. The lowest BCUT2D eigenvalue weighted by Gasteiger charge is -2.15. The van der Waals surface area contributed by atoms with E-state index < -0.39 is 0 Å². The summed E-state index contributed by atoms with van der Waals surface area (Å²) in [6, 6.07) is 7.76. The summed E-state index contributed by atoms with van der Waals surface area (Å²) in [5, 5.41) is 3.08. The van der Waals surface area contributed by atoms with Crippen LogP contribution < -0.4 is 5.32 Å². The fraction of sp³-hybridized carbons (Fsp3) is 0.364. The molecule has 1 amide bonds. The van der Waals surface area contributed by atoms with Crippen molar-refractivity contribution in [1.29, 1.82) is 0 Å². The first-order valence-corrected chi connectivity index (χ1v) is 5.66. The molecule has 1 N–H and O–H groups in total. The van der Waals surface area contributed by atoms with E-state index in [1.807, 2.05) is 31.2 Å². The molecule has 0 unspecified atom stereocenters. The number of carbonyl (C=O) groups is 1. The molecule has 0 atom stereocenters. The number of amides is 1. The maximum Gasteiger partial charge on any atom is 0.241 e. The molecule has 15 heavy (non-hydrogen) atoms. The van der Waals surface area contributed by atoms with Crippen molar-refractivity contribution < 1.29 is 4.79 Å². The standard InChI is InChI=1S/C11H15BrN2O/c1-3-14(2)11(15)8-13-10-6-4-5-9(12)7-10/h4-7,13H,3,8H2,1-2H3. The minimum absolute atomic E-state index is 0.0949. The van der Waals surface area contributed by atoms with Crippen molar-refractivity contribution in [3.05, 3.63) is 28.7 Å². The molecule has 3 nitrogen and oxygen atoms in total. The van der Waals surface area contributed by atoms with Crippen molar-refractivity contribution in [1.82, 2.24) is 4.90 Å². The number of anilines is 1. The molecule has 0 heterocycles. The van der Waals surface area contributed by atoms with Crippen LogP contribution in [-0.4, -0.2) is 30.9 Å². The minimum Gasteiger partial charge on any atom is -0.376 e. The number of rotatable bonds is 4. The summed E-state index contributed by atoms with van der Waals surface area (Å²) in [5.74, 6) is 0.0949. The highest BCUT2D eigenvalue weighted by Crippen LogP contribution is 2.15. The van der Waals surface area contributed by atoms with E-state index in [9.17, 15) is 4.79 Å². The number of halogens is 1. The molecule has 4 heteroatoms. The van der Waals surface area contributed by atoms with E-state index in [2.05, 4.69) is 21.2 Å². The number of benzene rings is 1. The molecule has 0 fully saturated rings. The zero-order chi connectivity index (χ0) is 11.3. The van der Waals surface area contributed by atoms with E-state index in [-0.39, 0.29) is 5.91 Å². The van der Waals surface area contributed by atoms with Crippen molar-refractivity contribution in [2.75, 3.05) is 25.5 Å². The lowest BCUT2D eigenvalue weighted by Crippen LogP contribution is -2.31. The van der Waals surface area contributed by atoms with Gasteiger partial charge in [-0.1, -0.05) is 22.0 Å². The Hall–Kier alpha value is -1.03. The summed E-state index contributed by atoms with van der Waals surface area (Å²) in [7, 11) is 1.80. The van der Waals surface area contributed by atoms with E-state index in [0.717, 1.165) is 16.7 Å². The number of nitrogens with one attached hydrogen (secondary N) is 1. The van der Waals surface area contributed by atoms with Gasteiger partial charge in [0.05, 0.1) is 6.54 Å². The molecule has 0 spiro atoms. The second-order valence-electron chi connectivity index (χ2n) is 3.27. The molecular formula is C11H15BrN2O. The maximum atomic E-state index is 11.5. The Bertz CT molecular complexity index is 341. The Morgan fingerprint density at radius 2 is 2.27 bits per heavy atom. The fourth-order valence-corrected chi connectivity index (χ4v) is 1.49. The summed E-state index contributed by atoms with van der Waals surface area (Å²) in [4.78, 5) is 13.2. The smallest absolute Gasteiger partial charge is 0.241 e. The van der Waals surface area contributed by atoms with Gasteiger partial charge in [-0.3, -0.25) is 4.79 Å². The monoisotopic (exact) mass is 270 g/mol. The largest absolute Gasteiger partial charge is 0.376 e. The number of hydrogen-bond donors (Lipinski definition) is 1. The fourth-order valence-electron chi connectivity index (χ4n) is 1.09. The summed E-state index contributed by atoms with van der Waals surface area (Å²) in [6.45, 7) is 3.02. The number of likely N-dealkylation sites (N-methyl/N-ethyl adjacent to an activating group) is 1. The van der Waals surface area contributed by atoms with Crippen LogP contribution in [-0.2, 0) is 4.79 Å². The molecule has 0 aromatic heterocycles.